The van der Waals surface area contributed by atoms with Crippen LogP contribution in [-0.4, -0.2) is 16.5 Å². The van der Waals surface area contributed by atoms with E-state index in [4.69, 9.17) is 4.74 Å². The molecule has 4 nitrogen and oxygen atoms in total. The zero-order valence-corrected chi connectivity index (χ0v) is 15.9. The number of aromatic nitrogens is 2. The van der Waals surface area contributed by atoms with Crippen LogP contribution < -0.4 is 10.1 Å². The van der Waals surface area contributed by atoms with Crippen molar-refractivity contribution < 1.29 is 26.7 Å². The van der Waals surface area contributed by atoms with E-state index in [1.165, 1.54) is 19.1 Å². The van der Waals surface area contributed by atoms with Crippen LogP contribution >= 0.6 is 0 Å². The first kappa shape index (κ1) is 21.5. The molecule has 0 amide bonds. The molecule has 1 aromatic heterocycles. The van der Waals surface area contributed by atoms with Crippen molar-refractivity contribution in [1.82, 2.24) is 9.97 Å². The number of ether oxygens (including phenoxy) is 1. The molecular weight excluding hydrogens is 405 g/mol. The van der Waals surface area contributed by atoms with Crippen LogP contribution in [0.15, 0.2) is 54.9 Å². The molecule has 0 radical (unpaired) electrons. The summed E-state index contributed by atoms with van der Waals surface area (Å²) in [7, 11) is 0. The topological polar surface area (TPSA) is 47.0 Å². The summed E-state index contributed by atoms with van der Waals surface area (Å²) in [5.41, 5.74) is 0.241. The summed E-state index contributed by atoms with van der Waals surface area (Å²) in [4.78, 5) is 7.58. The maximum absolute atomic E-state index is 12.9. The Hall–Kier alpha value is -3.23. The number of nitrogens with zero attached hydrogens (tertiary/aromatic N) is 2. The van der Waals surface area contributed by atoms with Crippen molar-refractivity contribution >= 4 is 5.82 Å². The molecule has 0 atom stereocenters. The number of halogens is 5. The molecule has 0 spiro atoms. The van der Waals surface area contributed by atoms with Gasteiger partial charge in [-0.3, -0.25) is 0 Å². The molecule has 3 aromatic rings. The molecule has 0 bridgehead atoms. The lowest BCUT2D eigenvalue weighted by Crippen LogP contribution is -2.10. The SMILES string of the molecule is Cc1c(NCCc2ccc(Oc3ccc(C(F)(F)F)cc3)cc2)ncnc1C(F)F. The van der Waals surface area contributed by atoms with Crippen LogP contribution in [0, 0.1) is 6.92 Å². The van der Waals surface area contributed by atoms with E-state index < -0.39 is 18.2 Å². The standard InChI is InChI=1S/C21H18F5N3O/c1-13-18(19(22)23)28-12-29-20(13)27-11-10-14-2-6-16(7-3-14)30-17-8-4-15(5-9-17)21(24,25)26/h2-9,12,19H,10-11H2,1H3,(H,27,28,29). The molecule has 0 aliphatic carbocycles. The van der Waals surface area contributed by atoms with Gasteiger partial charge in [-0.2, -0.15) is 13.2 Å². The van der Waals surface area contributed by atoms with Crippen LogP contribution in [0.3, 0.4) is 0 Å². The van der Waals surface area contributed by atoms with E-state index in [-0.39, 0.29) is 5.69 Å². The van der Waals surface area contributed by atoms with Gasteiger partial charge >= 0.3 is 6.18 Å². The van der Waals surface area contributed by atoms with E-state index in [1.54, 1.807) is 12.1 Å². The number of nitrogens with one attached hydrogen (secondary N) is 1. The lowest BCUT2D eigenvalue weighted by molar-refractivity contribution is -0.137. The second kappa shape index (κ2) is 9.06. The maximum atomic E-state index is 12.9. The summed E-state index contributed by atoms with van der Waals surface area (Å²) in [6.45, 7) is 2.01. The van der Waals surface area contributed by atoms with Gasteiger partial charge in [-0.15, -0.1) is 0 Å². The van der Waals surface area contributed by atoms with Crippen LogP contribution in [-0.2, 0) is 12.6 Å². The molecule has 0 saturated carbocycles. The zero-order chi connectivity index (χ0) is 21.7. The molecule has 2 aromatic carbocycles. The second-order valence-electron chi connectivity index (χ2n) is 6.48. The smallest absolute Gasteiger partial charge is 0.416 e. The average molecular weight is 423 g/mol. The van der Waals surface area contributed by atoms with Crippen LogP contribution in [0.25, 0.3) is 0 Å². The number of rotatable bonds is 7. The molecule has 0 fully saturated rings. The van der Waals surface area contributed by atoms with E-state index in [2.05, 4.69) is 15.3 Å². The molecule has 1 heterocycles. The van der Waals surface area contributed by atoms with E-state index in [0.29, 0.717) is 35.8 Å². The fourth-order valence-corrected chi connectivity index (χ4v) is 2.76. The van der Waals surface area contributed by atoms with E-state index in [9.17, 15) is 22.0 Å². The van der Waals surface area contributed by atoms with Gasteiger partial charge in [0.2, 0.25) is 0 Å². The molecule has 30 heavy (non-hydrogen) atoms. The van der Waals surface area contributed by atoms with Crippen molar-refractivity contribution in [3.05, 3.63) is 77.2 Å². The molecule has 3 rings (SSSR count). The highest BCUT2D eigenvalue weighted by molar-refractivity contribution is 5.45. The Morgan fingerprint density at radius 2 is 1.53 bits per heavy atom. The molecule has 9 heteroatoms. The Morgan fingerprint density at radius 1 is 0.933 bits per heavy atom. The zero-order valence-electron chi connectivity index (χ0n) is 15.9. The normalized spacial score (nSPS) is 11.6. The van der Waals surface area contributed by atoms with Crippen molar-refractivity contribution in [2.24, 2.45) is 0 Å². The summed E-state index contributed by atoms with van der Waals surface area (Å²) in [5.74, 6) is 1.15. The highest BCUT2D eigenvalue weighted by Crippen LogP contribution is 2.31. The molecule has 0 unspecified atom stereocenters. The third-order valence-corrected chi connectivity index (χ3v) is 4.38. The van der Waals surface area contributed by atoms with E-state index in [0.717, 1.165) is 24.0 Å². The van der Waals surface area contributed by atoms with Gasteiger partial charge < -0.3 is 10.1 Å². The summed E-state index contributed by atoms with van der Waals surface area (Å²) in [6, 6.07) is 11.5. The second-order valence-corrected chi connectivity index (χ2v) is 6.48. The lowest BCUT2D eigenvalue weighted by atomic mass is 10.1. The molecule has 0 saturated heterocycles. The van der Waals surface area contributed by atoms with Crippen molar-refractivity contribution in [2.75, 3.05) is 11.9 Å². The van der Waals surface area contributed by atoms with Crippen molar-refractivity contribution in [3.63, 3.8) is 0 Å². The summed E-state index contributed by atoms with van der Waals surface area (Å²) in [5, 5.41) is 3.02. The van der Waals surface area contributed by atoms with Crippen molar-refractivity contribution in [1.29, 1.82) is 0 Å². The lowest BCUT2D eigenvalue weighted by Gasteiger charge is -2.11. The summed E-state index contributed by atoms with van der Waals surface area (Å²) >= 11 is 0. The highest BCUT2D eigenvalue weighted by Gasteiger charge is 2.30. The summed E-state index contributed by atoms with van der Waals surface area (Å²) < 4.78 is 69.1. The van der Waals surface area contributed by atoms with Crippen LogP contribution in [0.2, 0.25) is 0 Å². The minimum Gasteiger partial charge on any atom is -0.457 e. The predicted octanol–water partition coefficient (Wildman–Crippen LogP) is 6.19. The highest BCUT2D eigenvalue weighted by atomic mass is 19.4. The van der Waals surface area contributed by atoms with Crippen LogP contribution in [0.5, 0.6) is 11.5 Å². The maximum Gasteiger partial charge on any atom is 0.416 e. The first-order valence-electron chi connectivity index (χ1n) is 9.01. The number of anilines is 1. The summed E-state index contributed by atoms with van der Waals surface area (Å²) in [6.07, 6.45) is -5.34. The Balaban J connectivity index is 1.54. The minimum atomic E-state index is -4.39. The Labute approximate surface area is 169 Å². The molecule has 1 N–H and O–H groups in total. The van der Waals surface area contributed by atoms with Gasteiger partial charge in [0.05, 0.1) is 5.56 Å². The monoisotopic (exact) mass is 423 g/mol. The van der Waals surface area contributed by atoms with Gasteiger partial charge in [-0.25, -0.2) is 18.7 Å². The fourth-order valence-electron chi connectivity index (χ4n) is 2.76. The van der Waals surface area contributed by atoms with E-state index in [1.807, 2.05) is 12.1 Å². The third kappa shape index (κ3) is 5.43. The van der Waals surface area contributed by atoms with Crippen molar-refractivity contribution in [2.45, 2.75) is 25.9 Å². The quantitative estimate of drug-likeness (QED) is 0.461. The number of alkyl halides is 5. The van der Waals surface area contributed by atoms with Crippen LogP contribution in [0.4, 0.5) is 27.8 Å². The number of hydrogen-bond donors (Lipinski definition) is 1. The van der Waals surface area contributed by atoms with Gasteiger partial charge in [0.1, 0.15) is 29.3 Å². The van der Waals surface area contributed by atoms with Gasteiger partial charge in [0, 0.05) is 12.1 Å². The Morgan fingerprint density at radius 3 is 2.10 bits per heavy atom. The molecule has 158 valence electrons. The van der Waals surface area contributed by atoms with Gasteiger partial charge in [0.25, 0.3) is 6.43 Å². The Bertz CT molecular complexity index is 973. The van der Waals surface area contributed by atoms with Crippen molar-refractivity contribution in [3.8, 4) is 11.5 Å². The van der Waals surface area contributed by atoms with Gasteiger partial charge in [-0.1, -0.05) is 12.1 Å². The largest absolute Gasteiger partial charge is 0.457 e. The minimum absolute atomic E-state index is 0.294. The number of benzene rings is 2. The van der Waals surface area contributed by atoms with Gasteiger partial charge in [0.15, 0.2) is 0 Å². The third-order valence-electron chi connectivity index (χ3n) is 4.38. The first-order valence-corrected chi connectivity index (χ1v) is 9.01. The van der Waals surface area contributed by atoms with E-state index >= 15 is 0 Å². The predicted molar refractivity (Wildman–Crippen MR) is 102 cm³/mol. The first-order chi connectivity index (χ1) is 14.2. The molecular formula is C21H18F5N3O. The van der Waals surface area contributed by atoms with Gasteiger partial charge in [-0.05, 0) is 55.3 Å². The molecule has 0 aliphatic heterocycles. The fraction of sp³-hybridized carbons (Fsp3) is 0.238. The Kier molecular flexibility index (Phi) is 6.49. The average Bonchev–Trinajstić information content (AvgIpc) is 2.70. The van der Waals surface area contributed by atoms with Crippen LogP contribution in [0.1, 0.15) is 28.8 Å². The molecule has 0 aliphatic rings. The number of hydrogen-bond acceptors (Lipinski definition) is 4.